The third-order valence-electron chi connectivity index (χ3n) is 1.15. The van der Waals surface area contributed by atoms with Gasteiger partial charge in [-0.2, -0.15) is 0 Å². The van der Waals surface area contributed by atoms with E-state index >= 15 is 0 Å². The molecule has 0 aromatic rings. The van der Waals surface area contributed by atoms with E-state index in [1.54, 1.807) is 23.5 Å². The van der Waals surface area contributed by atoms with Gasteiger partial charge in [-0.1, -0.05) is 0 Å². The third-order valence-corrected chi connectivity index (χ3v) is 4.39. The largest absolute Gasteiger partial charge is 0.394 e. The number of hydrogen-bond acceptors (Lipinski definition) is 4. The van der Waals surface area contributed by atoms with Crippen LogP contribution in [0.3, 0.4) is 0 Å². The van der Waals surface area contributed by atoms with Gasteiger partial charge >= 0.3 is 0 Å². The molecule has 1 aliphatic heterocycles. The second-order valence-electron chi connectivity index (χ2n) is 1.86. The van der Waals surface area contributed by atoms with Crippen LogP contribution >= 0.6 is 23.5 Å². The SMILES string of the molecule is OCC(O)C1SCCS1. The molecule has 0 aromatic heterocycles. The van der Waals surface area contributed by atoms with E-state index in [0.29, 0.717) is 0 Å². The summed E-state index contributed by atoms with van der Waals surface area (Å²) in [6, 6.07) is 0. The summed E-state index contributed by atoms with van der Waals surface area (Å²) in [7, 11) is 0. The first-order valence-electron chi connectivity index (χ1n) is 2.86. The summed E-state index contributed by atoms with van der Waals surface area (Å²) in [5, 5.41) is 17.6. The Morgan fingerprint density at radius 3 is 2.44 bits per heavy atom. The molecule has 0 radical (unpaired) electrons. The molecule has 0 spiro atoms. The molecule has 2 nitrogen and oxygen atoms in total. The molecule has 0 saturated carbocycles. The molecule has 0 amide bonds. The van der Waals surface area contributed by atoms with Crippen molar-refractivity contribution < 1.29 is 10.2 Å². The van der Waals surface area contributed by atoms with Gasteiger partial charge in [0.2, 0.25) is 0 Å². The molecule has 4 heteroatoms. The summed E-state index contributed by atoms with van der Waals surface area (Å²) in [5.41, 5.74) is 0. The molecule has 2 N–H and O–H groups in total. The lowest BCUT2D eigenvalue weighted by Crippen LogP contribution is -2.21. The molecule has 0 aromatic carbocycles. The second-order valence-corrected chi connectivity index (χ2v) is 4.66. The first-order chi connectivity index (χ1) is 4.34. The van der Waals surface area contributed by atoms with E-state index in [0.717, 1.165) is 11.5 Å². The van der Waals surface area contributed by atoms with Crippen molar-refractivity contribution in [3.05, 3.63) is 0 Å². The fourth-order valence-corrected chi connectivity index (χ4v) is 3.50. The minimum atomic E-state index is -0.525. The van der Waals surface area contributed by atoms with Crippen LogP contribution in [0.1, 0.15) is 0 Å². The van der Waals surface area contributed by atoms with Crippen molar-refractivity contribution in [2.24, 2.45) is 0 Å². The summed E-state index contributed by atoms with van der Waals surface area (Å²) >= 11 is 3.46. The smallest absolute Gasteiger partial charge is 0.0980 e. The Hall–Kier alpha value is 0.620. The summed E-state index contributed by atoms with van der Waals surface area (Å²) in [6.07, 6.45) is -0.525. The minimum Gasteiger partial charge on any atom is -0.394 e. The van der Waals surface area contributed by atoms with Gasteiger partial charge < -0.3 is 10.2 Å². The Balaban J connectivity index is 2.24. The quantitative estimate of drug-likeness (QED) is 0.612. The Bertz CT molecular complexity index is 83.0. The van der Waals surface area contributed by atoms with Gasteiger partial charge in [0.15, 0.2) is 0 Å². The van der Waals surface area contributed by atoms with E-state index in [1.807, 2.05) is 0 Å². The lowest BCUT2D eigenvalue weighted by atomic mass is 10.4. The highest BCUT2D eigenvalue weighted by molar-refractivity contribution is 8.20. The lowest BCUT2D eigenvalue weighted by Gasteiger charge is -2.12. The van der Waals surface area contributed by atoms with Gasteiger partial charge in [0.25, 0.3) is 0 Å². The maximum absolute atomic E-state index is 9.07. The van der Waals surface area contributed by atoms with Crippen molar-refractivity contribution in [1.82, 2.24) is 0 Å². The lowest BCUT2D eigenvalue weighted by molar-refractivity contribution is 0.108. The highest BCUT2D eigenvalue weighted by Crippen LogP contribution is 2.33. The number of thioether (sulfide) groups is 2. The van der Waals surface area contributed by atoms with E-state index < -0.39 is 6.10 Å². The number of aliphatic hydroxyl groups excluding tert-OH is 2. The Kier molecular flexibility index (Phi) is 3.18. The average molecular weight is 166 g/mol. The first-order valence-corrected chi connectivity index (χ1v) is 4.96. The summed E-state index contributed by atoms with van der Waals surface area (Å²) in [6.45, 7) is -0.106. The van der Waals surface area contributed by atoms with Crippen molar-refractivity contribution in [2.45, 2.75) is 10.7 Å². The summed E-state index contributed by atoms with van der Waals surface area (Å²) < 4.78 is 0.218. The van der Waals surface area contributed by atoms with Crippen LogP contribution < -0.4 is 0 Å². The average Bonchev–Trinajstić information content (AvgIpc) is 2.37. The van der Waals surface area contributed by atoms with Crippen molar-refractivity contribution >= 4 is 23.5 Å². The maximum Gasteiger partial charge on any atom is 0.0980 e. The molecular formula is C5H10O2S2. The second kappa shape index (κ2) is 3.71. The molecule has 0 bridgehead atoms. The summed E-state index contributed by atoms with van der Waals surface area (Å²) in [4.78, 5) is 0. The molecule has 1 unspecified atom stereocenters. The van der Waals surface area contributed by atoms with Crippen LogP contribution in [0.4, 0.5) is 0 Å². The predicted molar refractivity (Wildman–Crippen MR) is 41.8 cm³/mol. The number of aliphatic hydroxyl groups is 2. The van der Waals surface area contributed by atoms with Gasteiger partial charge in [0.05, 0.1) is 17.3 Å². The van der Waals surface area contributed by atoms with E-state index in [4.69, 9.17) is 10.2 Å². The molecule has 1 atom stereocenters. The third kappa shape index (κ3) is 2.04. The fourth-order valence-electron chi connectivity index (χ4n) is 0.685. The van der Waals surface area contributed by atoms with Crippen molar-refractivity contribution in [3.8, 4) is 0 Å². The van der Waals surface area contributed by atoms with Gasteiger partial charge in [-0.3, -0.25) is 0 Å². The van der Waals surface area contributed by atoms with Crippen molar-refractivity contribution in [3.63, 3.8) is 0 Å². The topological polar surface area (TPSA) is 40.5 Å². The standard InChI is InChI=1S/C5H10O2S2/c6-3-4(7)5-8-1-2-9-5/h4-7H,1-3H2. The van der Waals surface area contributed by atoms with Crippen LogP contribution in [0.2, 0.25) is 0 Å². The van der Waals surface area contributed by atoms with Crippen LogP contribution in [0.5, 0.6) is 0 Å². The molecule has 0 aliphatic carbocycles. The molecule has 1 aliphatic rings. The fraction of sp³-hybridized carbons (Fsp3) is 1.00. The zero-order chi connectivity index (χ0) is 6.69. The number of hydrogen-bond donors (Lipinski definition) is 2. The van der Waals surface area contributed by atoms with Gasteiger partial charge in [-0.15, -0.1) is 23.5 Å². The van der Waals surface area contributed by atoms with Crippen LogP contribution in [0.15, 0.2) is 0 Å². The Morgan fingerprint density at radius 2 is 2.00 bits per heavy atom. The molecular weight excluding hydrogens is 156 g/mol. The van der Waals surface area contributed by atoms with Gasteiger partial charge in [-0.25, -0.2) is 0 Å². The van der Waals surface area contributed by atoms with Crippen LogP contribution in [-0.2, 0) is 0 Å². The molecule has 9 heavy (non-hydrogen) atoms. The normalized spacial score (nSPS) is 24.7. The maximum atomic E-state index is 9.07. The minimum absolute atomic E-state index is 0.106. The monoisotopic (exact) mass is 166 g/mol. The zero-order valence-corrected chi connectivity index (χ0v) is 6.62. The number of rotatable bonds is 2. The Labute approximate surface area is 63.0 Å². The highest BCUT2D eigenvalue weighted by Gasteiger charge is 2.23. The van der Waals surface area contributed by atoms with Crippen molar-refractivity contribution in [2.75, 3.05) is 18.1 Å². The van der Waals surface area contributed by atoms with Crippen LogP contribution in [-0.4, -0.2) is 39.0 Å². The molecule has 54 valence electrons. The van der Waals surface area contributed by atoms with Gasteiger partial charge in [0.1, 0.15) is 0 Å². The first kappa shape index (κ1) is 7.72. The Morgan fingerprint density at radius 1 is 1.44 bits per heavy atom. The molecule has 1 saturated heterocycles. The van der Waals surface area contributed by atoms with Crippen LogP contribution in [0.25, 0.3) is 0 Å². The van der Waals surface area contributed by atoms with Gasteiger partial charge in [-0.05, 0) is 0 Å². The van der Waals surface area contributed by atoms with Crippen molar-refractivity contribution in [1.29, 1.82) is 0 Å². The molecule has 1 heterocycles. The molecule has 1 fully saturated rings. The molecule has 1 rings (SSSR count). The van der Waals surface area contributed by atoms with E-state index in [9.17, 15) is 0 Å². The predicted octanol–water partition coefficient (Wildman–Crippen LogP) is 0.146. The highest BCUT2D eigenvalue weighted by atomic mass is 32.2. The van der Waals surface area contributed by atoms with E-state index in [-0.39, 0.29) is 11.2 Å². The van der Waals surface area contributed by atoms with Gasteiger partial charge in [0, 0.05) is 11.5 Å². The van der Waals surface area contributed by atoms with E-state index in [1.165, 1.54) is 0 Å². The zero-order valence-electron chi connectivity index (χ0n) is 4.99. The summed E-state index contributed by atoms with van der Waals surface area (Å²) in [5.74, 6) is 2.21. The van der Waals surface area contributed by atoms with E-state index in [2.05, 4.69) is 0 Å². The van der Waals surface area contributed by atoms with Crippen LogP contribution in [0, 0.1) is 0 Å².